The van der Waals surface area contributed by atoms with Crippen molar-refractivity contribution in [2.24, 2.45) is 0 Å². The van der Waals surface area contributed by atoms with Crippen LogP contribution in [0.25, 0.3) is 22.0 Å². The smallest absolute Gasteiger partial charge is 0.417 e. The summed E-state index contributed by atoms with van der Waals surface area (Å²) >= 11 is 0. The van der Waals surface area contributed by atoms with E-state index < -0.39 is 35.0 Å². The third-order valence-corrected chi connectivity index (χ3v) is 9.25. The van der Waals surface area contributed by atoms with Gasteiger partial charge in [0.1, 0.15) is 17.4 Å². The summed E-state index contributed by atoms with van der Waals surface area (Å²) in [6.45, 7) is 4.55. The van der Waals surface area contributed by atoms with E-state index in [0.29, 0.717) is 47.5 Å². The monoisotopic (exact) mass is 706 g/mol. The number of phenols is 1. The number of carbonyl (C=O) groups excluding carboxylic acids is 1. The first kappa shape index (κ1) is 34.2. The largest absolute Gasteiger partial charge is 0.508 e. The molecule has 0 bridgehead atoms. The maximum Gasteiger partial charge on any atom is 0.417 e. The van der Waals surface area contributed by atoms with E-state index in [1.165, 1.54) is 6.07 Å². The standard InChI is InChI=1S/C37H35F5N6O3/c38-23-14-21(15-24(39)17-23)13-22-16-31-34(20-30(22)28-4-2-27(49)19-32(28)37(40,41)42)46-47-35(31)45-36(50)29-3-1-26(48-9-7-43-8-10-48)18-33(29)44-25-5-11-51-12-6-25/h1-4,14-20,25,43-44,49H,5-13H2,(H2,45,46,47,50). The van der Waals surface area contributed by atoms with Crippen LogP contribution in [0.3, 0.4) is 0 Å². The number of hydrogen-bond acceptors (Lipinski definition) is 7. The molecule has 9 nitrogen and oxygen atoms in total. The van der Waals surface area contributed by atoms with Gasteiger partial charge in [-0.05, 0) is 96.1 Å². The molecule has 2 aliphatic rings. The molecule has 2 fully saturated rings. The minimum absolute atomic E-state index is 0.102. The average Bonchev–Trinajstić information content (AvgIpc) is 3.49. The first-order chi connectivity index (χ1) is 24.5. The molecule has 3 heterocycles. The molecule has 51 heavy (non-hydrogen) atoms. The number of alkyl halides is 3. The zero-order valence-corrected chi connectivity index (χ0v) is 27.3. The Kier molecular flexibility index (Phi) is 9.53. The molecule has 0 atom stereocenters. The van der Waals surface area contributed by atoms with Crippen LogP contribution in [-0.4, -0.2) is 66.6 Å². The fourth-order valence-electron chi connectivity index (χ4n) is 6.74. The van der Waals surface area contributed by atoms with E-state index in [0.717, 1.165) is 69.0 Å². The zero-order valence-electron chi connectivity index (χ0n) is 27.3. The van der Waals surface area contributed by atoms with E-state index in [9.17, 15) is 31.9 Å². The second-order valence-electron chi connectivity index (χ2n) is 12.8. The Labute approximate surface area is 289 Å². The predicted molar refractivity (Wildman–Crippen MR) is 184 cm³/mol. The third-order valence-electron chi connectivity index (χ3n) is 9.25. The summed E-state index contributed by atoms with van der Waals surface area (Å²) < 4.78 is 76.6. The summed E-state index contributed by atoms with van der Waals surface area (Å²) in [5.74, 6) is -2.58. The summed E-state index contributed by atoms with van der Waals surface area (Å²) in [7, 11) is 0. The van der Waals surface area contributed by atoms with Crippen LogP contribution in [0.5, 0.6) is 5.75 Å². The lowest BCUT2D eigenvalue weighted by atomic mass is 9.90. The fourth-order valence-corrected chi connectivity index (χ4v) is 6.74. The molecular weight excluding hydrogens is 671 g/mol. The van der Waals surface area contributed by atoms with Crippen molar-refractivity contribution in [2.75, 3.05) is 54.9 Å². The Morgan fingerprint density at radius 3 is 2.41 bits per heavy atom. The van der Waals surface area contributed by atoms with Crippen molar-refractivity contribution in [3.8, 4) is 16.9 Å². The molecule has 0 radical (unpaired) electrons. The summed E-state index contributed by atoms with van der Waals surface area (Å²) in [5, 5.41) is 27.1. The minimum atomic E-state index is -4.82. The first-order valence-corrected chi connectivity index (χ1v) is 16.6. The Bertz CT molecular complexity index is 2050. The highest BCUT2D eigenvalue weighted by Gasteiger charge is 2.35. The van der Waals surface area contributed by atoms with E-state index in [-0.39, 0.29) is 40.5 Å². The number of hydrogen-bond donors (Lipinski definition) is 5. The van der Waals surface area contributed by atoms with Gasteiger partial charge in [-0.25, -0.2) is 8.78 Å². The van der Waals surface area contributed by atoms with Crippen LogP contribution < -0.4 is 20.9 Å². The lowest BCUT2D eigenvalue weighted by Crippen LogP contribution is -2.43. The zero-order chi connectivity index (χ0) is 35.7. The van der Waals surface area contributed by atoms with Gasteiger partial charge in [-0.15, -0.1) is 0 Å². The lowest BCUT2D eigenvalue weighted by molar-refractivity contribution is -0.137. The molecule has 1 amide bonds. The minimum Gasteiger partial charge on any atom is -0.508 e. The first-order valence-electron chi connectivity index (χ1n) is 16.6. The number of benzene rings is 4. The van der Waals surface area contributed by atoms with Gasteiger partial charge < -0.3 is 30.7 Å². The highest BCUT2D eigenvalue weighted by molar-refractivity contribution is 6.11. The van der Waals surface area contributed by atoms with Crippen LogP contribution in [0.4, 0.5) is 39.1 Å². The third kappa shape index (κ3) is 7.61. The number of amides is 1. The van der Waals surface area contributed by atoms with E-state index in [2.05, 4.69) is 31.0 Å². The molecule has 7 rings (SSSR count). The quantitative estimate of drug-likeness (QED) is 0.110. The molecule has 4 aromatic carbocycles. The lowest BCUT2D eigenvalue weighted by Gasteiger charge is -2.31. The van der Waals surface area contributed by atoms with Crippen molar-refractivity contribution in [3.05, 3.63) is 101 Å². The van der Waals surface area contributed by atoms with Gasteiger partial charge in [-0.2, -0.15) is 18.3 Å². The average molecular weight is 707 g/mol. The maximum atomic E-state index is 14.2. The number of H-pyrrole nitrogens is 1. The molecule has 0 spiro atoms. The molecule has 0 unspecified atom stereocenters. The Morgan fingerprint density at radius 2 is 1.69 bits per heavy atom. The van der Waals surface area contributed by atoms with Crippen molar-refractivity contribution >= 4 is 34.0 Å². The van der Waals surface area contributed by atoms with Crippen LogP contribution in [0, 0.1) is 11.6 Å². The number of aromatic amines is 1. The van der Waals surface area contributed by atoms with E-state index in [1.54, 1.807) is 12.1 Å². The van der Waals surface area contributed by atoms with Gasteiger partial charge in [0.15, 0.2) is 5.82 Å². The number of nitrogens with one attached hydrogen (secondary N) is 4. The normalized spacial score (nSPS) is 15.7. The van der Waals surface area contributed by atoms with Crippen LogP contribution in [0.15, 0.2) is 66.7 Å². The van der Waals surface area contributed by atoms with Crippen LogP contribution in [0.2, 0.25) is 0 Å². The van der Waals surface area contributed by atoms with Gasteiger partial charge in [-0.3, -0.25) is 9.89 Å². The van der Waals surface area contributed by atoms with Crippen molar-refractivity contribution < 1.29 is 36.6 Å². The molecule has 5 N–H and O–H groups in total. The number of rotatable bonds is 8. The summed E-state index contributed by atoms with van der Waals surface area (Å²) in [6.07, 6.45) is -3.42. The van der Waals surface area contributed by atoms with Gasteiger partial charge in [0.25, 0.3) is 5.91 Å². The van der Waals surface area contributed by atoms with E-state index >= 15 is 0 Å². The van der Waals surface area contributed by atoms with Crippen molar-refractivity contribution in [2.45, 2.75) is 31.5 Å². The Morgan fingerprint density at radius 1 is 0.941 bits per heavy atom. The number of ether oxygens (including phenoxy) is 1. The number of aromatic nitrogens is 2. The van der Waals surface area contributed by atoms with Crippen LogP contribution in [-0.2, 0) is 17.3 Å². The molecule has 0 saturated carbocycles. The van der Waals surface area contributed by atoms with Crippen molar-refractivity contribution in [1.82, 2.24) is 15.5 Å². The SMILES string of the molecule is O=C(Nc1n[nH]c2cc(-c3ccc(O)cc3C(F)(F)F)c(Cc3cc(F)cc(F)c3)cc12)c1ccc(N2CCNCC2)cc1NC1CCOCC1. The van der Waals surface area contributed by atoms with Gasteiger partial charge >= 0.3 is 6.18 Å². The Hall–Kier alpha value is -5.21. The van der Waals surface area contributed by atoms with Gasteiger partial charge in [-0.1, -0.05) is 6.07 Å². The molecule has 1 aromatic heterocycles. The van der Waals surface area contributed by atoms with Crippen LogP contribution in [0.1, 0.15) is 39.9 Å². The highest BCUT2D eigenvalue weighted by Crippen LogP contribution is 2.42. The molecule has 14 heteroatoms. The second-order valence-corrected chi connectivity index (χ2v) is 12.8. The van der Waals surface area contributed by atoms with Gasteiger partial charge in [0.2, 0.25) is 0 Å². The molecule has 0 aliphatic carbocycles. The van der Waals surface area contributed by atoms with Gasteiger partial charge in [0.05, 0.1) is 16.6 Å². The number of carbonyl (C=O) groups is 1. The van der Waals surface area contributed by atoms with Gasteiger partial charge in [0, 0.05) is 68.3 Å². The predicted octanol–water partition coefficient (Wildman–Crippen LogP) is 7.08. The number of halogens is 5. The van der Waals surface area contributed by atoms with Crippen LogP contribution >= 0.6 is 0 Å². The topological polar surface area (TPSA) is 115 Å². The summed E-state index contributed by atoms with van der Waals surface area (Å²) in [6, 6.07) is 14.6. The number of nitrogens with zero attached hydrogens (tertiary/aromatic N) is 2. The summed E-state index contributed by atoms with van der Waals surface area (Å²) in [4.78, 5) is 16.2. The molecule has 266 valence electrons. The number of anilines is 3. The van der Waals surface area contributed by atoms with E-state index in [1.807, 2.05) is 12.1 Å². The number of phenolic OH excluding ortho intramolecular Hbond substituents is 1. The number of fused-ring (bicyclic) bond motifs is 1. The maximum absolute atomic E-state index is 14.2. The second kappa shape index (κ2) is 14.2. The summed E-state index contributed by atoms with van der Waals surface area (Å²) in [5.41, 5.74) is 1.55. The highest BCUT2D eigenvalue weighted by atomic mass is 19.4. The molecule has 2 saturated heterocycles. The fraction of sp³-hybridized carbons (Fsp3) is 0.297. The molecule has 2 aliphatic heterocycles. The Balaban J connectivity index is 1.27. The molecular formula is C37H35F5N6O3. The van der Waals surface area contributed by atoms with Crippen molar-refractivity contribution in [1.29, 1.82) is 0 Å². The number of aromatic hydroxyl groups is 1. The van der Waals surface area contributed by atoms with Crippen molar-refractivity contribution in [3.63, 3.8) is 0 Å². The number of piperazine rings is 1. The van der Waals surface area contributed by atoms with E-state index in [4.69, 9.17) is 4.74 Å². The molecule has 5 aromatic rings.